The number of anilines is 2. The van der Waals surface area contributed by atoms with Crippen LogP contribution in [0.4, 0.5) is 11.4 Å². The van der Waals surface area contributed by atoms with Gasteiger partial charge in [0.2, 0.25) is 0 Å². The van der Waals surface area contributed by atoms with E-state index in [1.54, 1.807) is 4.90 Å². The van der Waals surface area contributed by atoms with E-state index in [4.69, 9.17) is 5.11 Å². The molecule has 0 spiro atoms. The first-order valence-electron chi connectivity index (χ1n) is 7.17. The highest BCUT2D eigenvalue weighted by molar-refractivity contribution is 5.96. The van der Waals surface area contributed by atoms with Crippen molar-refractivity contribution in [2.24, 2.45) is 0 Å². The molecule has 20 heavy (non-hydrogen) atoms. The molecule has 3 N–H and O–H groups in total. The Morgan fingerprint density at radius 2 is 2.00 bits per heavy atom. The Morgan fingerprint density at radius 3 is 2.65 bits per heavy atom. The van der Waals surface area contributed by atoms with Gasteiger partial charge in [-0.1, -0.05) is 0 Å². The lowest BCUT2D eigenvalue weighted by atomic mass is 10.1. The maximum absolute atomic E-state index is 12.6. The van der Waals surface area contributed by atoms with Crippen LogP contribution in [0.3, 0.4) is 0 Å². The summed E-state index contributed by atoms with van der Waals surface area (Å²) in [7, 11) is 0. The van der Waals surface area contributed by atoms with E-state index in [2.05, 4.69) is 10.6 Å². The van der Waals surface area contributed by atoms with E-state index in [-0.39, 0.29) is 18.6 Å². The molecule has 1 aliphatic heterocycles. The Hall–Kier alpha value is -1.75. The van der Waals surface area contributed by atoms with E-state index in [1.807, 2.05) is 32.0 Å². The van der Waals surface area contributed by atoms with Gasteiger partial charge in [-0.2, -0.15) is 0 Å². The van der Waals surface area contributed by atoms with E-state index in [9.17, 15) is 4.79 Å². The summed E-state index contributed by atoms with van der Waals surface area (Å²) in [4.78, 5) is 14.4. The van der Waals surface area contributed by atoms with Gasteiger partial charge in [0.05, 0.1) is 11.4 Å². The molecule has 0 unspecified atom stereocenters. The Kier molecular flexibility index (Phi) is 4.84. The smallest absolute Gasteiger partial charge is 0.254 e. The van der Waals surface area contributed by atoms with Crippen LogP contribution in [0.2, 0.25) is 0 Å². The molecule has 1 heterocycles. The van der Waals surface area contributed by atoms with Gasteiger partial charge in [-0.05, 0) is 38.5 Å². The lowest BCUT2D eigenvalue weighted by molar-refractivity contribution is 0.0693. The SMILES string of the molecule is CC(C)N(CCCO)C(=O)c1ccc2c(c1)NCCN2. The minimum Gasteiger partial charge on any atom is -0.396 e. The zero-order valence-electron chi connectivity index (χ0n) is 12.1. The molecule has 110 valence electrons. The molecule has 5 heteroatoms. The molecule has 1 aliphatic rings. The summed E-state index contributed by atoms with van der Waals surface area (Å²) in [5, 5.41) is 15.5. The number of carbonyl (C=O) groups is 1. The largest absolute Gasteiger partial charge is 0.396 e. The average Bonchev–Trinajstić information content (AvgIpc) is 2.46. The number of benzene rings is 1. The van der Waals surface area contributed by atoms with Crippen molar-refractivity contribution >= 4 is 17.3 Å². The normalized spacial score (nSPS) is 13.4. The van der Waals surface area contributed by atoms with Gasteiger partial charge in [0.1, 0.15) is 0 Å². The second-order valence-electron chi connectivity index (χ2n) is 5.28. The van der Waals surface area contributed by atoms with Crippen molar-refractivity contribution in [2.75, 3.05) is 36.9 Å². The molecule has 0 saturated carbocycles. The molecule has 2 rings (SSSR count). The Bertz CT molecular complexity index is 474. The standard InChI is InChI=1S/C15H23N3O2/c1-11(2)18(8-3-9-19)15(20)12-4-5-13-14(10-12)17-7-6-16-13/h4-5,10-11,16-17,19H,3,6-9H2,1-2H3. The van der Waals surface area contributed by atoms with E-state index in [0.29, 0.717) is 18.5 Å². The fourth-order valence-corrected chi connectivity index (χ4v) is 2.37. The summed E-state index contributed by atoms with van der Waals surface area (Å²) >= 11 is 0. The van der Waals surface area contributed by atoms with Crippen molar-refractivity contribution in [3.05, 3.63) is 23.8 Å². The maximum atomic E-state index is 12.6. The van der Waals surface area contributed by atoms with Crippen LogP contribution in [-0.2, 0) is 0 Å². The lowest BCUT2D eigenvalue weighted by Gasteiger charge is -2.27. The molecule has 0 radical (unpaired) electrons. The van der Waals surface area contributed by atoms with Gasteiger partial charge in [-0.25, -0.2) is 0 Å². The number of nitrogens with one attached hydrogen (secondary N) is 2. The van der Waals surface area contributed by atoms with Crippen LogP contribution in [0.15, 0.2) is 18.2 Å². The van der Waals surface area contributed by atoms with Crippen LogP contribution in [0.25, 0.3) is 0 Å². The molecule has 1 aromatic rings. The number of hydrogen-bond acceptors (Lipinski definition) is 4. The molecular formula is C15H23N3O2. The molecule has 0 atom stereocenters. The monoisotopic (exact) mass is 277 g/mol. The van der Waals surface area contributed by atoms with Gasteiger partial charge in [0.15, 0.2) is 0 Å². The van der Waals surface area contributed by atoms with Crippen LogP contribution >= 0.6 is 0 Å². The Labute approximate surface area is 120 Å². The van der Waals surface area contributed by atoms with E-state index >= 15 is 0 Å². The third-order valence-corrected chi connectivity index (χ3v) is 3.46. The third kappa shape index (κ3) is 3.22. The minimum atomic E-state index is 0.0172. The predicted octanol–water partition coefficient (Wildman–Crippen LogP) is 1.76. The third-order valence-electron chi connectivity index (χ3n) is 3.46. The number of carbonyl (C=O) groups excluding carboxylic acids is 1. The van der Waals surface area contributed by atoms with Crippen molar-refractivity contribution in [1.29, 1.82) is 0 Å². The minimum absolute atomic E-state index is 0.0172. The number of aliphatic hydroxyl groups is 1. The number of amides is 1. The van der Waals surface area contributed by atoms with Crippen LogP contribution in [0.1, 0.15) is 30.6 Å². The van der Waals surface area contributed by atoms with Gasteiger partial charge in [0.25, 0.3) is 5.91 Å². The summed E-state index contributed by atoms with van der Waals surface area (Å²) in [5.74, 6) is 0.0172. The average molecular weight is 277 g/mol. The highest BCUT2D eigenvalue weighted by Gasteiger charge is 2.19. The lowest BCUT2D eigenvalue weighted by Crippen LogP contribution is -2.38. The predicted molar refractivity (Wildman–Crippen MR) is 81.3 cm³/mol. The Balaban J connectivity index is 2.18. The first-order chi connectivity index (χ1) is 9.63. The maximum Gasteiger partial charge on any atom is 0.254 e. The quantitative estimate of drug-likeness (QED) is 0.767. The van der Waals surface area contributed by atoms with Gasteiger partial charge in [-0.15, -0.1) is 0 Å². The van der Waals surface area contributed by atoms with Crippen molar-refractivity contribution in [2.45, 2.75) is 26.3 Å². The fourth-order valence-electron chi connectivity index (χ4n) is 2.37. The summed E-state index contributed by atoms with van der Waals surface area (Å²) in [6.07, 6.45) is 0.606. The van der Waals surface area contributed by atoms with Gasteiger partial charge >= 0.3 is 0 Å². The number of fused-ring (bicyclic) bond motifs is 1. The molecule has 0 aromatic heterocycles. The second-order valence-corrected chi connectivity index (χ2v) is 5.28. The highest BCUT2D eigenvalue weighted by atomic mass is 16.3. The van der Waals surface area contributed by atoms with Crippen LogP contribution < -0.4 is 10.6 Å². The van der Waals surface area contributed by atoms with Crippen molar-refractivity contribution in [1.82, 2.24) is 4.90 Å². The molecule has 0 aliphatic carbocycles. The van der Waals surface area contributed by atoms with E-state index < -0.39 is 0 Å². The first kappa shape index (κ1) is 14.7. The fraction of sp³-hybridized carbons (Fsp3) is 0.533. The van der Waals surface area contributed by atoms with Crippen LogP contribution in [-0.4, -0.2) is 48.2 Å². The topological polar surface area (TPSA) is 64.6 Å². The van der Waals surface area contributed by atoms with E-state index in [0.717, 1.165) is 24.5 Å². The number of rotatable bonds is 5. The molecule has 0 bridgehead atoms. The van der Waals surface area contributed by atoms with Crippen LogP contribution in [0.5, 0.6) is 0 Å². The number of hydrogen-bond donors (Lipinski definition) is 3. The molecule has 0 fully saturated rings. The summed E-state index contributed by atoms with van der Waals surface area (Å²) in [6.45, 7) is 6.43. The molecule has 1 amide bonds. The zero-order chi connectivity index (χ0) is 14.5. The summed E-state index contributed by atoms with van der Waals surface area (Å²) in [5.41, 5.74) is 2.71. The van der Waals surface area contributed by atoms with Crippen molar-refractivity contribution in [3.8, 4) is 0 Å². The highest BCUT2D eigenvalue weighted by Crippen LogP contribution is 2.26. The zero-order valence-corrected chi connectivity index (χ0v) is 12.1. The van der Waals surface area contributed by atoms with Crippen molar-refractivity contribution < 1.29 is 9.90 Å². The van der Waals surface area contributed by atoms with Gasteiger partial charge in [0, 0.05) is 37.8 Å². The van der Waals surface area contributed by atoms with E-state index in [1.165, 1.54) is 0 Å². The van der Waals surface area contributed by atoms with Gasteiger partial charge < -0.3 is 20.6 Å². The first-order valence-corrected chi connectivity index (χ1v) is 7.17. The number of nitrogens with zero attached hydrogens (tertiary/aromatic N) is 1. The number of aliphatic hydroxyl groups excluding tert-OH is 1. The molecule has 0 saturated heterocycles. The Morgan fingerprint density at radius 1 is 1.30 bits per heavy atom. The molecule has 1 aromatic carbocycles. The molecule has 5 nitrogen and oxygen atoms in total. The van der Waals surface area contributed by atoms with Gasteiger partial charge in [-0.3, -0.25) is 4.79 Å². The molecular weight excluding hydrogens is 254 g/mol. The van der Waals surface area contributed by atoms with Crippen LogP contribution in [0, 0.1) is 0 Å². The van der Waals surface area contributed by atoms with Crippen molar-refractivity contribution in [3.63, 3.8) is 0 Å². The second kappa shape index (κ2) is 6.61. The summed E-state index contributed by atoms with van der Waals surface area (Å²) in [6, 6.07) is 5.82. The summed E-state index contributed by atoms with van der Waals surface area (Å²) < 4.78 is 0.